The Morgan fingerprint density at radius 2 is 1.89 bits per heavy atom. The molecule has 3 rings (SSSR count). The highest BCUT2D eigenvalue weighted by atomic mass is 35.5. The summed E-state index contributed by atoms with van der Waals surface area (Å²) in [6.07, 6.45) is 4.50. The van der Waals surface area contributed by atoms with Crippen LogP contribution in [0.3, 0.4) is 0 Å². The average Bonchev–Trinajstić information content (AvgIpc) is 3.08. The highest BCUT2D eigenvalue weighted by Gasteiger charge is 2.23. The van der Waals surface area contributed by atoms with Gasteiger partial charge in [0.15, 0.2) is 0 Å². The molecule has 0 spiro atoms. The fraction of sp³-hybridized carbons (Fsp3) is 0.619. The van der Waals surface area contributed by atoms with Crippen molar-refractivity contribution in [2.75, 3.05) is 24.5 Å². The summed E-state index contributed by atoms with van der Waals surface area (Å²) >= 11 is 0. The number of rotatable bonds is 6. The first-order valence-electron chi connectivity index (χ1n) is 9.95. The van der Waals surface area contributed by atoms with Crippen LogP contribution in [0.15, 0.2) is 24.3 Å². The van der Waals surface area contributed by atoms with Crippen molar-refractivity contribution in [3.8, 4) is 0 Å². The van der Waals surface area contributed by atoms with Crippen LogP contribution in [0.4, 0.5) is 5.69 Å². The maximum Gasteiger partial charge on any atom is 0.227 e. The lowest BCUT2D eigenvalue weighted by molar-refractivity contribution is -0.123. The molecule has 0 aromatic heterocycles. The number of anilines is 1. The number of nitrogens with zero attached hydrogens (tertiary/aromatic N) is 1. The molecule has 2 aliphatic heterocycles. The van der Waals surface area contributed by atoms with Crippen LogP contribution in [-0.4, -0.2) is 31.4 Å². The van der Waals surface area contributed by atoms with E-state index in [-0.39, 0.29) is 30.3 Å². The van der Waals surface area contributed by atoms with Gasteiger partial charge in [0.25, 0.3) is 0 Å². The summed E-state index contributed by atoms with van der Waals surface area (Å²) in [4.78, 5) is 26.1. The molecule has 0 saturated carbocycles. The van der Waals surface area contributed by atoms with Gasteiger partial charge in [-0.2, -0.15) is 0 Å². The molecule has 2 fully saturated rings. The van der Waals surface area contributed by atoms with Gasteiger partial charge in [0.05, 0.1) is 6.04 Å². The molecular weight excluding hydrogens is 362 g/mol. The first-order chi connectivity index (χ1) is 12.5. The minimum atomic E-state index is -0.0222. The number of halogens is 1. The maximum atomic E-state index is 12.4. The van der Waals surface area contributed by atoms with E-state index in [4.69, 9.17) is 0 Å². The van der Waals surface area contributed by atoms with Crippen LogP contribution >= 0.6 is 12.4 Å². The molecule has 2 aliphatic rings. The van der Waals surface area contributed by atoms with Crippen molar-refractivity contribution in [2.45, 2.75) is 52.0 Å². The molecule has 2 heterocycles. The monoisotopic (exact) mass is 393 g/mol. The van der Waals surface area contributed by atoms with Crippen molar-refractivity contribution in [1.82, 2.24) is 10.6 Å². The standard InChI is InChI=1S/C21H31N3O2.ClH/c1-15(17-9-11-22-12-10-17)14-20(25)23-16(2)18-5-7-19(8-6-18)24-13-3-4-21(24)26;/h5-8,15-17,22H,3-4,9-14H2,1-2H3,(H,23,25);1H. The smallest absolute Gasteiger partial charge is 0.227 e. The third-order valence-electron chi connectivity index (χ3n) is 5.85. The van der Waals surface area contributed by atoms with E-state index in [2.05, 4.69) is 17.6 Å². The summed E-state index contributed by atoms with van der Waals surface area (Å²) in [6, 6.07) is 7.98. The third-order valence-corrected chi connectivity index (χ3v) is 5.85. The molecule has 0 radical (unpaired) electrons. The van der Waals surface area contributed by atoms with Gasteiger partial charge >= 0.3 is 0 Å². The van der Waals surface area contributed by atoms with Crippen LogP contribution in [0, 0.1) is 11.8 Å². The number of amides is 2. The van der Waals surface area contributed by atoms with Gasteiger partial charge in [0.2, 0.25) is 11.8 Å². The first kappa shape index (κ1) is 21.7. The van der Waals surface area contributed by atoms with Crippen LogP contribution in [0.25, 0.3) is 0 Å². The Labute approximate surface area is 168 Å². The summed E-state index contributed by atoms with van der Waals surface area (Å²) in [7, 11) is 0. The van der Waals surface area contributed by atoms with Crippen LogP contribution in [0.2, 0.25) is 0 Å². The molecular formula is C21H32ClN3O2. The minimum Gasteiger partial charge on any atom is -0.350 e. The quantitative estimate of drug-likeness (QED) is 0.778. The third kappa shape index (κ3) is 5.69. The Balaban J connectivity index is 0.00000261. The Kier molecular flexibility index (Phi) is 8.11. The van der Waals surface area contributed by atoms with E-state index in [0.717, 1.165) is 37.3 Å². The van der Waals surface area contributed by atoms with Crippen LogP contribution in [0.1, 0.15) is 57.6 Å². The Morgan fingerprint density at radius 1 is 1.22 bits per heavy atom. The molecule has 2 amide bonds. The van der Waals surface area contributed by atoms with E-state index in [1.165, 1.54) is 12.8 Å². The van der Waals surface area contributed by atoms with Crippen molar-refractivity contribution in [2.24, 2.45) is 11.8 Å². The topological polar surface area (TPSA) is 61.4 Å². The number of hydrogen-bond donors (Lipinski definition) is 2. The van der Waals surface area contributed by atoms with E-state index in [1.807, 2.05) is 36.1 Å². The Hall–Kier alpha value is -1.59. The van der Waals surface area contributed by atoms with E-state index in [9.17, 15) is 9.59 Å². The fourth-order valence-electron chi connectivity index (χ4n) is 4.12. The lowest BCUT2D eigenvalue weighted by Crippen LogP contribution is -2.34. The second kappa shape index (κ2) is 10.1. The number of benzene rings is 1. The Morgan fingerprint density at radius 3 is 2.48 bits per heavy atom. The summed E-state index contributed by atoms with van der Waals surface area (Å²) in [6.45, 7) is 7.15. The fourth-order valence-corrected chi connectivity index (χ4v) is 4.12. The number of nitrogens with one attached hydrogen (secondary N) is 2. The molecule has 6 heteroatoms. The molecule has 2 atom stereocenters. The second-order valence-corrected chi connectivity index (χ2v) is 7.80. The van der Waals surface area contributed by atoms with Gasteiger partial charge in [-0.3, -0.25) is 9.59 Å². The SMILES string of the molecule is CC(NC(=O)CC(C)C1CCNCC1)c1ccc(N2CCCC2=O)cc1.Cl. The largest absolute Gasteiger partial charge is 0.350 e. The zero-order valence-electron chi connectivity index (χ0n) is 16.4. The van der Waals surface area contributed by atoms with Gasteiger partial charge in [0, 0.05) is 25.1 Å². The molecule has 0 bridgehead atoms. The molecule has 5 nitrogen and oxygen atoms in total. The molecule has 0 aliphatic carbocycles. The van der Waals surface area contributed by atoms with Gasteiger partial charge in [-0.1, -0.05) is 19.1 Å². The highest BCUT2D eigenvalue weighted by molar-refractivity contribution is 5.95. The second-order valence-electron chi connectivity index (χ2n) is 7.80. The number of hydrogen-bond acceptors (Lipinski definition) is 3. The van der Waals surface area contributed by atoms with Gasteiger partial charge < -0.3 is 15.5 Å². The molecule has 150 valence electrons. The average molecular weight is 394 g/mol. The summed E-state index contributed by atoms with van der Waals surface area (Å²) in [5.41, 5.74) is 2.03. The van der Waals surface area contributed by atoms with Gasteiger partial charge in [-0.05, 0) is 68.8 Å². The van der Waals surface area contributed by atoms with Crippen molar-refractivity contribution >= 4 is 29.9 Å². The molecule has 2 unspecified atom stereocenters. The minimum absolute atomic E-state index is 0. The molecule has 1 aromatic rings. The van der Waals surface area contributed by atoms with Crippen LogP contribution in [-0.2, 0) is 9.59 Å². The zero-order valence-corrected chi connectivity index (χ0v) is 17.2. The van der Waals surface area contributed by atoms with Gasteiger partial charge in [-0.15, -0.1) is 12.4 Å². The molecule has 2 saturated heterocycles. The van der Waals surface area contributed by atoms with Crippen molar-refractivity contribution in [1.29, 1.82) is 0 Å². The Bertz CT molecular complexity index is 629. The number of carbonyl (C=O) groups is 2. The molecule has 2 N–H and O–H groups in total. The zero-order chi connectivity index (χ0) is 18.5. The predicted molar refractivity (Wildman–Crippen MR) is 111 cm³/mol. The molecule has 1 aromatic carbocycles. The number of carbonyl (C=O) groups excluding carboxylic acids is 2. The van der Waals surface area contributed by atoms with Crippen molar-refractivity contribution < 1.29 is 9.59 Å². The summed E-state index contributed by atoms with van der Waals surface area (Å²) in [5, 5.41) is 6.51. The van der Waals surface area contributed by atoms with Crippen molar-refractivity contribution in [3.63, 3.8) is 0 Å². The van der Waals surface area contributed by atoms with Crippen LogP contribution in [0.5, 0.6) is 0 Å². The van der Waals surface area contributed by atoms with Gasteiger partial charge in [0.1, 0.15) is 0 Å². The van der Waals surface area contributed by atoms with E-state index in [1.54, 1.807) is 0 Å². The number of piperidine rings is 1. The predicted octanol–water partition coefficient (Wildman–Crippen LogP) is 3.44. The maximum absolute atomic E-state index is 12.4. The van der Waals surface area contributed by atoms with Gasteiger partial charge in [-0.25, -0.2) is 0 Å². The van der Waals surface area contributed by atoms with Crippen LogP contribution < -0.4 is 15.5 Å². The van der Waals surface area contributed by atoms with E-state index < -0.39 is 0 Å². The summed E-state index contributed by atoms with van der Waals surface area (Å²) in [5.74, 6) is 1.40. The van der Waals surface area contributed by atoms with Crippen molar-refractivity contribution in [3.05, 3.63) is 29.8 Å². The summed E-state index contributed by atoms with van der Waals surface area (Å²) < 4.78 is 0. The lowest BCUT2D eigenvalue weighted by atomic mass is 9.84. The first-order valence-corrected chi connectivity index (χ1v) is 9.95. The normalized spacial score (nSPS) is 20.1. The molecule has 27 heavy (non-hydrogen) atoms. The lowest BCUT2D eigenvalue weighted by Gasteiger charge is -2.28. The van der Waals surface area contributed by atoms with E-state index >= 15 is 0 Å². The highest BCUT2D eigenvalue weighted by Crippen LogP contribution is 2.26. The van der Waals surface area contributed by atoms with E-state index in [0.29, 0.717) is 24.7 Å².